The van der Waals surface area contributed by atoms with Gasteiger partial charge >= 0.3 is 0 Å². The highest BCUT2D eigenvalue weighted by atomic mass is 16.5. The normalized spacial score (nSPS) is 16.6. The smallest absolute Gasteiger partial charge is 0.216 e. The average molecular weight is 374 g/mol. The quantitative estimate of drug-likeness (QED) is 0.461. The van der Waals surface area contributed by atoms with Crippen molar-refractivity contribution in [2.24, 2.45) is 10.9 Å². The molecule has 0 aromatic carbocycles. The zero-order chi connectivity index (χ0) is 18.9. The van der Waals surface area contributed by atoms with Crippen molar-refractivity contribution < 1.29 is 9.15 Å². The summed E-state index contributed by atoms with van der Waals surface area (Å²) in [6.45, 7) is 4.18. The van der Waals surface area contributed by atoms with Gasteiger partial charge in [0.1, 0.15) is 5.82 Å². The Kier molecular flexibility index (Phi) is 7.27. The lowest BCUT2D eigenvalue weighted by molar-refractivity contribution is 0.0169. The third-order valence-corrected chi connectivity index (χ3v) is 4.95. The van der Waals surface area contributed by atoms with Crippen molar-refractivity contribution in [1.29, 1.82) is 0 Å². The fourth-order valence-corrected chi connectivity index (χ4v) is 3.61. The number of hydrogen-bond acceptors (Lipinski definition) is 5. The number of rotatable bonds is 9. The molecule has 1 unspecified atom stereocenters. The maximum atomic E-state index is 5.98. The van der Waals surface area contributed by atoms with Crippen LogP contribution in [0.25, 0.3) is 11.6 Å². The molecule has 0 aliphatic heterocycles. The molecule has 0 amide bonds. The second kappa shape index (κ2) is 10.1. The van der Waals surface area contributed by atoms with Gasteiger partial charge in [0.25, 0.3) is 0 Å². The fraction of sp³-hybridized carbons (Fsp3) is 0.632. The summed E-state index contributed by atoms with van der Waals surface area (Å²) in [6.07, 6.45) is 8.20. The fourth-order valence-electron chi connectivity index (χ4n) is 3.61. The van der Waals surface area contributed by atoms with Crippen LogP contribution in [-0.4, -0.2) is 47.4 Å². The van der Waals surface area contributed by atoms with E-state index in [0.29, 0.717) is 30.2 Å². The number of nitrogens with zero attached hydrogens (tertiary/aromatic N) is 3. The monoisotopic (exact) mass is 374 g/mol. The van der Waals surface area contributed by atoms with Crippen LogP contribution in [0.4, 0.5) is 0 Å². The summed E-state index contributed by atoms with van der Waals surface area (Å²) in [5.41, 5.74) is 0. The van der Waals surface area contributed by atoms with Crippen LogP contribution in [-0.2, 0) is 11.3 Å². The summed E-state index contributed by atoms with van der Waals surface area (Å²) in [4.78, 5) is 8.69. The van der Waals surface area contributed by atoms with E-state index in [4.69, 9.17) is 9.15 Å². The van der Waals surface area contributed by atoms with E-state index in [2.05, 4.69) is 37.7 Å². The number of aliphatic imine (C=N–C) groups is 1. The highest BCUT2D eigenvalue weighted by molar-refractivity contribution is 5.79. The minimum atomic E-state index is 0.341. The van der Waals surface area contributed by atoms with Crippen LogP contribution in [0.15, 0.2) is 27.8 Å². The number of hydrogen-bond donors (Lipinski definition) is 3. The van der Waals surface area contributed by atoms with E-state index >= 15 is 0 Å². The third-order valence-electron chi connectivity index (χ3n) is 4.95. The maximum Gasteiger partial charge on any atom is 0.216 e. The topological polar surface area (TPSA) is 100 Å². The zero-order valence-electron chi connectivity index (χ0n) is 16.2. The standard InChI is InChI=1S/C19H30N6O2/c1-3-26-15(14-7-4-5-8-14)10-11-21-19(20-2)22-13-17-23-18(25-24-17)16-9-6-12-27-16/h6,9,12,14-15H,3-5,7-8,10-11,13H2,1-2H3,(H2,20,21,22)(H,23,24,25). The first-order valence-electron chi connectivity index (χ1n) is 9.81. The van der Waals surface area contributed by atoms with Gasteiger partial charge in [-0.1, -0.05) is 12.8 Å². The molecule has 1 aliphatic carbocycles. The van der Waals surface area contributed by atoms with E-state index in [1.807, 2.05) is 12.1 Å². The predicted molar refractivity (Wildman–Crippen MR) is 104 cm³/mol. The lowest BCUT2D eigenvalue weighted by Crippen LogP contribution is -2.39. The van der Waals surface area contributed by atoms with Gasteiger partial charge in [-0.05, 0) is 44.2 Å². The summed E-state index contributed by atoms with van der Waals surface area (Å²) in [5.74, 6) is 3.37. The summed E-state index contributed by atoms with van der Waals surface area (Å²) in [5, 5.41) is 13.7. The molecule has 1 fully saturated rings. The van der Waals surface area contributed by atoms with E-state index < -0.39 is 0 Å². The van der Waals surface area contributed by atoms with Crippen LogP contribution >= 0.6 is 0 Å². The van der Waals surface area contributed by atoms with Crippen LogP contribution in [0.2, 0.25) is 0 Å². The molecule has 2 heterocycles. The van der Waals surface area contributed by atoms with E-state index in [-0.39, 0.29) is 0 Å². The van der Waals surface area contributed by atoms with E-state index in [1.165, 1.54) is 25.7 Å². The van der Waals surface area contributed by atoms with Gasteiger partial charge in [-0.15, -0.1) is 5.10 Å². The molecule has 1 aliphatic rings. The number of nitrogens with one attached hydrogen (secondary N) is 3. The highest BCUT2D eigenvalue weighted by Crippen LogP contribution is 2.30. The molecular weight excluding hydrogens is 344 g/mol. The van der Waals surface area contributed by atoms with Crippen molar-refractivity contribution in [2.75, 3.05) is 20.2 Å². The van der Waals surface area contributed by atoms with Crippen LogP contribution in [0.5, 0.6) is 0 Å². The van der Waals surface area contributed by atoms with Crippen molar-refractivity contribution in [2.45, 2.75) is 51.7 Å². The molecule has 1 atom stereocenters. The second-order valence-corrected chi connectivity index (χ2v) is 6.76. The van der Waals surface area contributed by atoms with Crippen LogP contribution in [0.3, 0.4) is 0 Å². The lowest BCUT2D eigenvalue weighted by atomic mass is 9.98. The Morgan fingerprint density at radius 2 is 2.26 bits per heavy atom. The van der Waals surface area contributed by atoms with Crippen LogP contribution in [0, 0.1) is 5.92 Å². The van der Waals surface area contributed by atoms with Crippen LogP contribution in [0.1, 0.15) is 44.9 Å². The second-order valence-electron chi connectivity index (χ2n) is 6.76. The highest BCUT2D eigenvalue weighted by Gasteiger charge is 2.25. The minimum Gasteiger partial charge on any atom is -0.461 e. The molecule has 0 bridgehead atoms. The van der Waals surface area contributed by atoms with Gasteiger partial charge in [-0.25, -0.2) is 4.98 Å². The molecule has 3 N–H and O–H groups in total. The number of H-pyrrole nitrogens is 1. The number of ether oxygens (including phenoxy) is 1. The molecular formula is C19H30N6O2. The molecule has 0 radical (unpaired) electrons. The van der Waals surface area contributed by atoms with Gasteiger partial charge in [-0.2, -0.15) is 0 Å². The lowest BCUT2D eigenvalue weighted by Gasteiger charge is -2.23. The molecule has 1 saturated carbocycles. The Morgan fingerprint density at radius 3 is 2.96 bits per heavy atom. The summed E-state index contributed by atoms with van der Waals surface area (Å²) < 4.78 is 11.3. The molecule has 0 spiro atoms. The van der Waals surface area contributed by atoms with Gasteiger partial charge in [0.15, 0.2) is 11.7 Å². The Morgan fingerprint density at radius 1 is 1.41 bits per heavy atom. The van der Waals surface area contributed by atoms with E-state index in [0.717, 1.165) is 31.4 Å². The SMILES string of the molecule is CCOC(CCNC(=NC)NCc1nc(-c2ccco2)n[nH]1)C1CCCC1. The minimum absolute atomic E-state index is 0.341. The molecule has 0 saturated heterocycles. The number of guanidine groups is 1. The molecule has 8 heteroatoms. The maximum absolute atomic E-state index is 5.98. The summed E-state index contributed by atoms with van der Waals surface area (Å²) in [7, 11) is 1.76. The third kappa shape index (κ3) is 5.56. The van der Waals surface area contributed by atoms with E-state index in [9.17, 15) is 0 Å². The Balaban J connectivity index is 1.42. The van der Waals surface area contributed by atoms with Crippen molar-refractivity contribution in [1.82, 2.24) is 25.8 Å². The number of furan rings is 1. The molecule has 3 rings (SSSR count). The Labute approximate surface area is 160 Å². The molecule has 2 aromatic rings. The zero-order valence-corrected chi connectivity index (χ0v) is 16.2. The number of aromatic nitrogens is 3. The van der Waals surface area contributed by atoms with Crippen molar-refractivity contribution in [3.63, 3.8) is 0 Å². The van der Waals surface area contributed by atoms with Crippen molar-refractivity contribution in [3.05, 3.63) is 24.2 Å². The van der Waals surface area contributed by atoms with Gasteiger partial charge in [0.2, 0.25) is 5.82 Å². The van der Waals surface area contributed by atoms with Crippen LogP contribution < -0.4 is 10.6 Å². The predicted octanol–water partition coefficient (Wildman–Crippen LogP) is 2.72. The van der Waals surface area contributed by atoms with Crippen molar-refractivity contribution in [3.8, 4) is 11.6 Å². The Bertz CT molecular complexity index is 691. The van der Waals surface area contributed by atoms with Gasteiger partial charge in [0.05, 0.1) is 18.9 Å². The van der Waals surface area contributed by atoms with E-state index in [1.54, 1.807) is 13.3 Å². The largest absolute Gasteiger partial charge is 0.461 e. The molecule has 148 valence electrons. The molecule has 2 aromatic heterocycles. The Hall–Kier alpha value is -2.35. The van der Waals surface area contributed by atoms with Gasteiger partial charge in [-0.3, -0.25) is 10.1 Å². The average Bonchev–Trinajstić information content (AvgIpc) is 3.44. The van der Waals surface area contributed by atoms with Crippen molar-refractivity contribution >= 4 is 5.96 Å². The first kappa shape index (κ1) is 19.4. The first-order valence-corrected chi connectivity index (χ1v) is 9.81. The van der Waals surface area contributed by atoms with Gasteiger partial charge < -0.3 is 19.8 Å². The first-order chi connectivity index (χ1) is 13.3. The molecule has 8 nitrogen and oxygen atoms in total. The number of aromatic amines is 1. The molecule has 27 heavy (non-hydrogen) atoms. The summed E-state index contributed by atoms with van der Waals surface area (Å²) in [6, 6.07) is 3.65. The summed E-state index contributed by atoms with van der Waals surface area (Å²) >= 11 is 0. The van der Waals surface area contributed by atoms with Gasteiger partial charge in [0, 0.05) is 20.2 Å².